The van der Waals surface area contributed by atoms with Crippen LogP contribution in [0.25, 0.3) is 0 Å². The van der Waals surface area contributed by atoms with Crippen molar-refractivity contribution in [1.82, 2.24) is 4.90 Å². The molecule has 1 aliphatic heterocycles. The van der Waals surface area contributed by atoms with Crippen LogP contribution in [0.4, 0.5) is 5.69 Å². The molecule has 0 aromatic heterocycles. The summed E-state index contributed by atoms with van der Waals surface area (Å²) < 4.78 is 5.00. The van der Waals surface area contributed by atoms with Gasteiger partial charge in [-0.2, -0.15) is 0 Å². The normalized spacial score (nSPS) is 14.8. The minimum atomic E-state index is -0.287. The standard InChI is InChI=1S/C19H28N2O3/c1-4-15(5-2)18(22)21-13-11-20(12-14-21)17-9-7-16(8-10-17)19(23)24-6-3/h7-10,15H,4-6,11-14H2,1-3H3. The first-order valence-corrected chi connectivity index (χ1v) is 8.91. The smallest absolute Gasteiger partial charge is 0.338 e. The van der Waals surface area contributed by atoms with Gasteiger partial charge in [-0.1, -0.05) is 13.8 Å². The van der Waals surface area contributed by atoms with Gasteiger partial charge in [0.25, 0.3) is 0 Å². The topological polar surface area (TPSA) is 49.9 Å². The Hall–Kier alpha value is -2.04. The minimum Gasteiger partial charge on any atom is -0.462 e. The Kier molecular flexibility index (Phi) is 6.64. The van der Waals surface area contributed by atoms with Crippen molar-refractivity contribution >= 4 is 17.6 Å². The number of carbonyl (C=O) groups is 2. The molecular weight excluding hydrogens is 304 g/mol. The zero-order chi connectivity index (χ0) is 17.5. The Morgan fingerprint density at radius 2 is 1.58 bits per heavy atom. The first-order chi connectivity index (χ1) is 11.6. The van der Waals surface area contributed by atoms with E-state index in [1.807, 2.05) is 17.0 Å². The van der Waals surface area contributed by atoms with E-state index in [0.717, 1.165) is 44.7 Å². The molecule has 0 N–H and O–H groups in total. The van der Waals surface area contributed by atoms with Gasteiger partial charge in [-0.3, -0.25) is 4.79 Å². The molecule has 1 aliphatic rings. The molecule has 1 aromatic carbocycles. The summed E-state index contributed by atoms with van der Waals surface area (Å²) in [5.41, 5.74) is 1.65. The molecule has 0 atom stereocenters. The summed E-state index contributed by atoms with van der Waals surface area (Å²) in [7, 11) is 0. The molecule has 2 rings (SSSR count). The molecule has 24 heavy (non-hydrogen) atoms. The van der Waals surface area contributed by atoms with E-state index in [9.17, 15) is 9.59 Å². The minimum absolute atomic E-state index is 0.153. The van der Waals surface area contributed by atoms with Crippen molar-refractivity contribution in [3.8, 4) is 0 Å². The fourth-order valence-electron chi connectivity index (χ4n) is 3.10. The number of benzene rings is 1. The largest absolute Gasteiger partial charge is 0.462 e. The molecule has 1 saturated heterocycles. The summed E-state index contributed by atoms with van der Waals surface area (Å²) >= 11 is 0. The molecule has 1 fully saturated rings. The molecule has 0 radical (unpaired) electrons. The highest BCUT2D eigenvalue weighted by Gasteiger charge is 2.25. The number of rotatable bonds is 6. The number of hydrogen-bond acceptors (Lipinski definition) is 4. The highest BCUT2D eigenvalue weighted by atomic mass is 16.5. The van der Waals surface area contributed by atoms with E-state index >= 15 is 0 Å². The Morgan fingerprint density at radius 1 is 1.00 bits per heavy atom. The Morgan fingerprint density at radius 3 is 2.08 bits per heavy atom. The van der Waals surface area contributed by atoms with E-state index < -0.39 is 0 Å². The van der Waals surface area contributed by atoms with E-state index in [0.29, 0.717) is 12.2 Å². The van der Waals surface area contributed by atoms with Crippen LogP contribution in [0, 0.1) is 5.92 Å². The lowest BCUT2D eigenvalue weighted by molar-refractivity contribution is -0.136. The summed E-state index contributed by atoms with van der Waals surface area (Å²) in [5, 5.41) is 0. The highest BCUT2D eigenvalue weighted by molar-refractivity contribution is 5.89. The molecule has 1 heterocycles. The van der Waals surface area contributed by atoms with Gasteiger partial charge < -0.3 is 14.5 Å². The number of carbonyl (C=O) groups excluding carboxylic acids is 2. The molecule has 5 heteroatoms. The Bertz CT molecular complexity index is 544. The average Bonchev–Trinajstić information content (AvgIpc) is 2.63. The lowest BCUT2D eigenvalue weighted by Gasteiger charge is -2.37. The Balaban J connectivity index is 1.92. The van der Waals surface area contributed by atoms with Crippen molar-refractivity contribution in [1.29, 1.82) is 0 Å². The van der Waals surface area contributed by atoms with Crippen molar-refractivity contribution in [3.05, 3.63) is 29.8 Å². The van der Waals surface area contributed by atoms with Gasteiger partial charge in [-0.15, -0.1) is 0 Å². The summed E-state index contributed by atoms with van der Waals surface area (Å²) in [6, 6.07) is 7.50. The number of nitrogens with zero attached hydrogens (tertiary/aromatic N) is 2. The maximum Gasteiger partial charge on any atom is 0.338 e. The van der Waals surface area contributed by atoms with Crippen LogP contribution in [0.5, 0.6) is 0 Å². The molecule has 5 nitrogen and oxygen atoms in total. The van der Waals surface area contributed by atoms with Gasteiger partial charge in [-0.05, 0) is 44.0 Å². The summed E-state index contributed by atoms with van der Waals surface area (Å²) in [6.45, 7) is 9.50. The van der Waals surface area contributed by atoms with E-state index in [1.165, 1.54) is 0 Å². The zero-order valence-electron chi connectivity index (χ0n) is 15.0. The number of anilines is 1. The third kappa shape index (κ3) is 4.28. The number of piperazine rings is 1. The van der Waals surface area contributed by atoms with E-state index in [-0.39, 0.29) is 17.8 Å². The van der Waals surface area contributed by atoms with Crippen LogP contribution in [0.1, 0.15) is 44.0 Å². The van der Waals surface area contributed by atoms with Crippen molar-refractivity contribution in [2.24, 2.45) is 5.92 Å². The van der Waals surface area contributed by atoms with Gasteiger partial charge in [0.05, 0.1) is 12.2 Å². The number of esters is 1. The molecule has 0 bridgehead atoms. The second-order valence-corrected chi connectivity index (χ2v) is 6.09. The number of hydrogen-bond donors (Lipinski definition) is 0. The molecule has 0 aliphatic carbocycles. The van der Waals surface area contributed by atoms with Crippen LogP contribution < -0.4 is 4.90 Å². The van der Waals surface area contributed by atoms with Crippen LogP contribution >= 0.6 is 0 Å². The van der Waals surface area contributed by atoms with Gasteiger partial charge in [0, 0.05) is 37.8 Å². The van der Waals surface area contributed by atoms with Crippen molar-refractivity contribution in [2.45, 2.75) is 33.6 Å². The third-order valence-corrected chi connectivity index (χ3v) is 4.67. The quantitative estimate of drug-likeness (QED) is 0.752. The van der Waals surface area contributed by atoms with Crippen LogP contribution in [0.15, 0.2) is 24.3 Å². The monoisotopic (exact) mass is 332 g/mol. The summed E-state index contributed by atoms with van der Waals surface area (Å²) in [6.07, 6.45) is 1.82. The molecular formula is C19H28N2O3. The van der Waals surface area contributed by atoms with Crippen molar-refractivity contribution < 1.29 is 14.3 Å². The lowest BCUT2D eigenvalue weighted by atomic mass is 10.0. The molecule has 0 spiro atoms. The molecule has 0 unspecified atom stereocenters. The highest BCUT2D eigenvalue weighted by Crippen LogP contribution is 2.20. The van der Waals surface area contributed by atoms with Crippen LogP contribution in [-0.4, -0.2) is 49.6 Å². The average molecular weight is 332 g/mol. The number of ether oxygens (including phenoxy) is 1. The van der Waals surface area contributed by atoms with Crippen LogP contribution in [0.2, 0.25) is 0 Å². The maximum atomic E-state index is 12.4. The zero-order valence-corrected chi connectivity index (χ0v) is 15.0. The Labute approximate surface area is 144 Å². The van der Waals surface area contributed by atoms with Crippen LogP contribution in [0.3, 0.4) is 0 Å². The van der Waals surface area contributed by atoms with Crippen molar-refractivity contribution in [2.75, 3.05) is 37.7 Å². The predicted molar refractivity (Wildman–Crippen MR) is 95.3 cm³/mol. The molecule has 1 amide bonds. The van der Waals surface area contributed by atoms with Gasteiger partial charge in [0.2, 0.25) is 5.91 Å². The van der Waals surface area contributed by atoms with E-state index in [2.05, 4.69) is 18.7 Å². The summed E-state index contributed by atoms with van der Waals surface area (Å²) in [4.78, 5) is 28.4. The third-order valence-electron chi connectivity index (χ3n) is 4.67. The van der Waals surface area contributed by atoms with Gasteiger partial charge >= 0.3 is 5.97 Å². The molecule has 1 aromatic rings. The summed E-state index contributed by atoms with van der Waals surface area (Å²) in [5.74, 6) is 0.155. The van der Waals surface area contributed by atoms with E-state index in [1.54, 1.807) is 19.1 Å². The fourth-order valence-corrected chi connectivity index (χ4v) is 3.10. The second-order valence-electron chi connectivity index (χ2n) is 6.09. The molecule has 0 saturated carbocycles. The van der Waals surface area contributed by atoms with Crippen molar-refractivity contribution in [3.63, 3.8) is 0 Å². The fraction of sp³-hybridized carbons (Fsp3) is 0.579. The first-order valence-electron chi connectivity index (χ1n) is 8.91. The lowest BCUT2D eigenvalue weighted by Crippen LogP contribution is -2.50. The van der Waals surface area contributed by atoms with Gasteiger partial charge in [0.15, 0.2) is 0 Å². The number of amides is 1. The predicted octanol–water partition coefficient (Wildman–Crippen LogP) is 2.95. The van der Waals surface area contributed by atoms with E-state index in [4.69, 9.17) is 4.74 Å². The molecule has 132 valence electrons. The maximum absolute atomic E-state index is 12.4. The SMILES string of the molecule is CCOC(=O)c1ccc(N2CCN(C(=O)C(CC)CC)CC2)cc1. The van der Waals surface area contributed by atoms with Crippen LogP contribution in [-0.2, 0) is 9.53 Å². The van der Waals surface area contributed by atoms with Gasteiger partial charge in [-0.25, -0.2) is 4.79 Å². The second kappa shape index (κ2) is 8.71. The first kappa shape index (κ1) is 18.3. The van der Waals surface area contributed by atoms with Gasteiger partial charge in [0.1, 0.15) is 0 Å².